The minimum atomic E-state index is 0.797. The number of hydrogen-bond donors (Lipinski definition) is 0. The van der Waals surface area contributed by atoms with Crippen LogP contribution in [0, 0.1) is 0 Å². The van der Waals surface area contributed by atoms with Crippen LogP contribution in [-0.2, 0) is 6.54 Å². The van der Waals surface area contributed by atoms with Crippen molar-refractivity contribution in [2.75, 3.05) is 38.8 Å². The average molecular weight is 253 g/mol. The molecule has 0 aromatic heterocycles. The highest BCUT2D eigenvalue weighted by molar-refractivity contribution is 7.99. The van der Waals surface area contributed by atoms with Gasteiger partial charge in [-0.25, -0.2) is 0 Å². The zero-order chi connectivity index (χ0) is 12.1. The third-order valence-corrected chi connectivity index (χ3v) is 3.90. The van der Waals surface area contributed by atoms with Crippen LogP contribution in [0.2, 0.25) is 0 Å². The second-order valence-electron chi connectivity index (χ2n) is 4.08. The maximum absolute atomic E-state index is 5.32. The van der Waals surface area contributed by atoms with Crippen LogP contribution in [0.4, 0.5) is 0 Å². The number of thioether (sulfide) groups is 1. The van der Waals surface area contributed by atoms with Gasteiger partial charge >= 0.3 is 0 Å². The second-order valence-corrected chi connectivity index (χ2v) is 5.30. The van der Waals surface area contributed by atoms with E-state index >= 15 is 0 Å². The molecule has 1 heterocycles. The fraction of sp³-hybridized carbons (Fsp3) is 0.538. The van der Waals surface area contributed by atoms with Crippen LogP contribution in [0.5, 0.6) is 11.5 Å². The molecule has 1 aromatic carbocycles. The maximum Gasteiger partial charge on any atom is 0.161 e. The fourth-order valence-corrected chi connectivity index (χ4v) is 2.98. The molecule has 0 amide bonds. The molecule has 1 aliphatic heterocycles. The van der Waals surface area contributed by atoms with Gasteiger partial charge in [-0.2, -0.15) is 11.8 Å². The van der Waals surface area contributed by atoms with E-state index in [4.69, 9.17) is 9.47 Å². The molecular formula is C13H19NO2S. The van der Waals surface area contributed by atoms with Crippen molar-refractivity contribution in [3.63, 3.8) is 0 Å². The van der Waals surface area contributed by atoms with Crippen LogP contribution >= 0.6 is 11.8 Å². The van der Waals surface area contributed by atoms with Crippen LogP contribution in [-0.4, -0.2) is 43.7 Å². The highest BCUT2D eigenvalue weighted by atomic mass is 32.2. The Morgan fingerprint density at radius 1 is 1.12 bits per heavy atom. The van der Waals surface area contributed by atoms with Gasteiger partial charge in [-0.1, -0.05) is 6.07 Å². The van der Waals surface area contributed by atoms with Gasteiger partial charge < -0.3 is 9.47 Å². The molecule has 3 nitrogen and oxygen atoms in total. The van der Waals surface area contributed by atoms with Crippen molar-refractivity contribution in [2.45, 2.75) is 6.54 Å². The van der Waals surface area contributed by atoms with Crippen molar-refractivity contribution in [3.8, 4) is 11.5 Å². The summed E-state index contributed by atoms with van der Waals surface area (Å²) in [6, 6.07) is 6.16. The topological polar surface area (TPSA) is 21.7 Å². The first-order chi connectivity index (χ1) is 8.33. The molecule has 1 aliphatic rings. The summed E-state index contributed by atoms with van der Waals surface area (Å²) in [4.78, 5) is 2.48. The molecule has 0 N–H and O–H groups in total. The van der Waals surface area contributed by atoms with E-state index in [-0.39, 0.29) is 0 Å². The highest BCUT2D eigenvalue weighted by Crippen LogP contribution is 2.28. The van der Waals surface area contributed by atoms with Gasteiger partial charge in [0.05, 0.1) is 14.2 Å². The second kappa shape index (κ2) is 6.17. The minimum Gasteiger partial charge on any atom is -0.493 e. The first-order valence-electron chi connectivity index (χ1n) is 5.84. The van der Waals surface area contributed by atoms with Crippen LogP contribution in [0.3, 0.4) is 0 Å². The lowest BCUT2D eigenvalue weighted by Crippen LogP contribution is -2.31. The van der Waals surface area contributed by atoms with Crippen LogP contribution in [0.25, 0.3) is 0 Å². The molecular weight excluding hydrogens is 234 g/mol. The molecule has 0 bridgehead atoms. The molecule has 0 spiro atoms. The summed E-state index contributed by atoms with van der Waals surface area (Å²) in [5.41, 5.74) is 1.29. The Kier molecular flexibility index (Phi) is 4.57. The summed E-state index contributed by atoms with van der Waals surface area (Å²) in [6.07, 6.45) is 0. The molecule has 2 rings (SSSR count). The van der Waals surface area contributed by atoms with E-state index in [1.165, 1.54) is 30.2 Å². The number of methoxy groups -OCH3 is 2. The maximum atomic E-state index is 5.32. The Morgan fingerprint density at radius 3 is 2.47 bits per heavy atom. The fourth-order valence-electron chi connectivity index (χ4n) is 2.00. The Hall–Kier alpha value is -0.870. The number of nitrogens with zero attached hydrogens (tertiary/aromatic N) is 1. The number of hydrogen-bond acceptors (Lipinski definition) is 4. The quantitative estimate of drug-likeness (QED) is 0.820. The largest absolute Gasteiger partial charge is 0.493 e. The number of ether oxygens (including phenoxy) is 2. The Balaban J connectivity index is 2.05. The molecule has 0 atom stereocenters. The lowest BCUT2D eigenvalue weighted by atomic mass is 10.2. The molecule has 1 saturated heterocycles. The lowest BCUT2D eigenvalue weighted by molar-refractivity contribution is 0.293. The predicted octanol–water partition coefficient (Wildman–Crippen LogP) is 2.25. The van der Waals surface area contributed by atoms with Crippen molar-refractivity contribution in [1.29, 1.82) is 0 Å². The third-order valence-electron chi connectivity index (χ3n) is 2.96. The highest BCUT2D eigenvalue weighted by Gasteiger charge is 2.12. The summed E-state index contributed by atoms with van der Waals surface area (Å²) in [5.74, 6) is 4.10. The summed E-state index contributed by atoms with van der Waals surface area (Å²) in [5, 5.41) is 0. The van der Waals surface area contributed by atoms with Gasteiger partial charge in [-0.3, -0.25) is 4.90 Å². The molecule has 1 aromatic rings. The monoisotopic (exact) mass is 253 g/mol. The standard InChI is InChI=1S/C13H19NO2S/c1-15-12-4-3-11(9-13(12)16-2)10-14-5-7-17-8-6-14/h3-4,9H,5-8,10H2,1-2H3. The Labute approximate surface area is 107 Å². The zero-order valence-corrected chi connectivity index (χ0v) is 11.3. The van der Waals surface area contributed by atoms with Crippen LogP contribution < -0.4 is 9.47 Å². The first-order valence-corrected chi connectivity index (χ1v) is 7.00. The van der Waals surface area contributed by atoms with E-state index in [2.05, 4.69) is 17.0 Å². The number of benzene rings is 1. The normalized spacial score (nSPS) is 16.8. The molecule has 1 fully saturated rings. The van der Waals surface area contributed by atoms with Gasteiger partial charge in [0, 0.05) is 31.1 Å². The van der Waals surface area contributed by atoms with Crippen molar-refractivity contribution in [3.05, 3.63) is 23.8 Å². The molecule has 0 aliphatic carbocycles. The molecule has 0 unspecified atom stereocenters. The van der Waals surface area contributed by atoms with E-state index in [0.717, 1.165) is 18.0 Å². The van der Waals surface area contributed by atoms with Gasteiger partial charge in [-0.15, -0.1) is 0 Å². The Morgan fingerprint density at radius 2 is 1.82 bits per heavy atom. The van der Waals surface area contributed by atoms with Gasteiger partial charge in [0.2, 0.25) is 0 Å². The molecule has 0 radical (unpaired) electrons. The van der Waals surface area contributed by atoms with Crippen molar-refractivity contribution < 1.29 is 9.47 Å². The summed E-state index contributed by atoms with van der Waals surface area (Å²) < 4.78 is 10.6. The van der Waals surface area contributed by atoms with Crippen LogP contribution in [0.1, 0.15) is 5.56 Å². The van der Waals surface area contributed by atoms with Gasteiger partial charge in [0.15, 0.2) is 11.5 Å². The van der Waals surface area contributed by atoms with Gasteiger partial charge in [0.25, 0.3) is 0 Å². The smallest absolute Gasteiger partial charge is 0.161 e. The van der Waals surface area contributed by atoms with E-state index in [1.54, 1.807) is 14.2 Å². The Bertz CT molecular complexity index is 364. The van der Waals surface area contributed by atoms with E-state index < -0.39 is 0 Å². The number of rotatable bonds is 4. The van der Waals surface area contributed by atoms with Crippen molar-refractivity contribution >= 4 is 11.8 Å². The summed E-state index contributed by atoms with van der Waals surface area (Å²) in [6.45, 7) is 3.36. The predicted molar refractivity (Wildman–Crippen MR) is 72.1 cm³/mol. The van der Waals surface area contributed by atoms with E-state index in [9.17, 15) is 0 Å². The van der Waals surface area contributed by atoms with Gasteiger partial charge in [0.1, 0.15) is 0 Å². The third kappa shape index (κ3) is 3.30. The average Bonchev–Trinajstić information content (AvgIpc) is 2.40. The van der Waals surface area contributed by atoms with Crippen molar-refractivity contribution in [1.82, 2.24) is 4.90 Å². The molecule has 0 saturated carbocycles. The molecule has 4 heteroatoms. The summed E-state index contributed by atoms with van der Waals surface area (Å²) >= 11 is 2.04. The minimum absolute atomic E-state index is 0.797. The molecule has 94 valence electrons. The van der Waals surface area contributed by atoms with Crippen molar-refractivity contribution in [2.24, 2.45) is 0 Å². The lowest BCUT2D eigenvalue weighted by Gasteiger charge is -2.26. The SMILES string of the molecule is COc1ccc(CN2CCSCC2)cc1OC. The molecule has 17 heavy (non-hydrogen) atoms. The van der Waals surface area contributed by atoms with Gasteiger partial charge in [-0.05, 0) is 17.7 Å². The van der Waals surface area contributed by atoms with E-state index in [0.29, 0.717) is 0 Å². The van der Waals surface area contributed by atoms with E-state index in [1.807, 2.05) is 17.8 Å². The zero-order valence-electron chi connectivity index (χ0n) is 10.4. The van der Waals surface area contributed by atoms with Crippen LogP contribution in [0.15, 0.2) is 18.2 Å². The first kappa shape index (κ1) is 12.6. The summed E-state index contributed by atoms with van der Waals surface area (Å²) in [7, 11) is 3.35.